The highest BCUT2D eigenvalue weighted by Gasteiger charge is 2.26. The standard InChI is InChI=1S/C17H34N2O2/c1-7-13-8-10-14(11-9-13)18-12-17(5,6)19-15(20)21-16(2,3)4/h13-14,18H,7-12H2,1-6H3,(H,19,20). The molecule has 2 N–H and O–H groups in total. The molecule has 0 atom stereocenters. The van der Waals surface area contributed by atoms with Crippen molar-refractivity contribution in [1.82, 2.24) is 10.6 Å². The van der Waals surface area contributed by atoms with Gasteiger partial charge in [-0.15, -0.1) is 0 Å². The van der Waals surface area contributed by atoms with Crippen LogP contribution in [0.1, 0.15) is 73.6 Å². The maximum absolute atomic E-state index is 11.8. The maximum Gasteiger partial charge on any atom is 0.408 e. The van der Waals surface area contributed by atoms with Gasteiger partial charge in [0.05, 0.1) is 5.54 Å². The zero-order valence-electron chi connectivity index (χ0n) is 14.7. The van der Waals surface area contributed by atoms with Crippen LogP contribution in [0.5, 0.6) is 0 Å². The fourth-order valence-electron chi connectivity index (χ4n) is 2.80. The molecule has 1 aliphatic carbocycles. The summed E-state index contributed by atoms with van der Waals surface area (Å²) in [7, 11) is 0. The molecule has 1 amide bonds. The second kappa shape index (κ2) is 7.48. The summed E-state index contributed by atoms with van der Waals surface area (Å²) in [6.45, 7) is 12.8. The van der Waals surface area contributed by atoms with E-state index < -0.39 is 5.60 Å². The lowest BCUT2D eigenvalue weighted by Gasteiger charge is -2.33. The third-order valence-electron chi connectivity index (χ3n) is 4.10. The van der Waals surface area contributed by atoms with Gasteiger partial charge in [0.25, 0.3) is 0 Å². The minimum absolute atomic E-state index is 0.302. The van der Waals surface area contributed by atoms with Crippen molar-refractivity contribution in [3.8, 4) is 0 Å². The van der Waals surface area contributed by atoms with Crippen LogP contribution in [0, 0.1) is 5.92 Å². The first-order valence-electron chi connectivity index (χ1n) is 8.36. The van der Waals surface area contributed by atoms with Gasteiger partial charge >= 0.3 is 6.09 Å². The Hall–Kier alpha value is -0.770. The second-order valence-corrected chi connectivity index (χ2v) is 8.02. The number of rotatable bonds is 5. The molecule has 4 nitrogen and oxygen atoms in total. The molecule has 0 spiro atoms. The summed E-state index contributed by atoms with van der Waals surface area (Å²) < 4.78 is 5.32. The molecule has 1 fully saturated rings. The molecule has 1 saturated carbocycles. The summed E-state index contributed by atoms with van der Waals surface area (Å²) in [4.78, 5) is 11.8. The van der Waals surface area contributed by atoms with Gasteiger partial charge in [0, 0.05) is 12.6 Å². The van der Waals surface area contributed by atoms with Gasteiger partial charge < -0.3 is 15.4 Å². The van der Waals surface area contributed by atoms with Gasteiger partial charge in [0.1, 0.15) is 5.60 Å². The van der Waals surface area contributed by atoms with E-state index in [2.05, 4.69) is 17.6 Å². The van der Waals surface area contributed by atoms with Gasteiger partial charge in [0.15, 0.2) is 0 Å². The minimum Gasteiger partial charge on any atom is -0.444 e. The first-order chi connectivity index (χ1) is 9.61. The molecule has 0 heterocycles. The van der Waals surface area contributed by atoms with Gasteiger partial charge in [-0.3, -0.25) is 0 Å². The van der Waals surface area contributed by atoms with E-state index in [4.69, 9.17) is 4.74 Å². The normalized spacial score (nSPS) is 23.7. The number of amides is 1. The Morgan fingerprint density at radius 2 is 1.67 bits per heavy atom. The van der Waals surface area contributed by atoms with Crippen LogP contribution >= 0.6 is 0 Å². The number of nitrogens with one attached hydrogen (secondary N) is 2. The van der Waals surface area contributed by atoms with E-state index in [1.165, 1.54) is 32.1 Å². The van der Waals surface area contributed by atoms with Crippen molar-refractivity contribution in [2.45, 2.75) is 90.8 Å². The lowest BCUT2D eigenvalue weighted by atomic mass is 9.84. The van der Waals surface area contributed by atoms with E-state index in [1.807, 2.05) is 34.6 Å². The quantitative estimate of drug-likeness (QED) is 0.810. The number of carbonyl (C=O) groups is 1. The van der Waals surface area contributed by atoms with Crippen LogP contribution in [0.3, 0.4) is 0 Å². The summed E-state index contributed by atoms with van der Waals surface area (Å²) in [5.41, 5.74) is -0.754. The van der Waals surface area contributed by atoms with Crippen LogP contribution in [0.2, 0.25) is 0 Å². The zero-order valence-corrected chi connectivity index (χ0v) is 14.7. The fourth-order valence-corrected chi connectivity index (χ4v) is 2.80. The van der Waals surface area contributed by atoms with Crippen molar-refractivity contribution in [2.24, 2.45) is 5.92 Å². The van der Waals surface area contributed by atoms with Crippen molar-refractivity contribution in [3.05, 3.63) is 0 Å². The van der Waals surface area contributed by atoms with E-state index in [-0.39, 0.29) is 11.6 Å². The molecule has 0 aromatic carbocycles. The van der Waals surface area contributed by atoms with Crippen LogP contribution in [0.15, 0.2) is 0 Å². The molecule has 0 radical (unpaired) electrons. The average molecular weight is 298 g/mol. The summed E-state index contributed by atoms with van der Waals surface area (Å²) in [5, 5.41) is 6.55. The van der Waals surface area contributed by atoms with Crippen LogP contribution in [-0.4, -0.2) is 29.8 Å². The number of alkyl carbamates (subject to hydrolysis) is 1. The lowest BCUT2D eigenvalue weighted by Crippen LogP contribution is -2.53. The smallest absolute Gasteiger partial charge is 0.408 e. The van der Waals surface area contributed by atoms with Gasteiger partial charge in [-0.2, -0.15) is 0 Å². The number of hydrogen-bond donors (Lipinski definition) is 2. The minimum atomic E-state index is -0.452. The lowest BCUT2D eigenvalue weighted by molar-refractivity contribution is 0.0469. The molecule has 0 unspecified atom stereocenters. The third kappa shape index (κ3) is 7.70. The van der Waals surface area contributed by atoms with Gasteiger partial charge in [-0.1, -0.05) is 13.3 Å². The van der Waals surface area contributed by atoms with E-state index in [0.29, 0.717) is 6.04 Å². The third-order valence-corrected chi connectivity index (χ3v) is 4.10. The molecule has 21 heavy (non-hydrogen) atoms. The zero-order chi connectivity index (χ0) is 16.1. The molecular formula is C17H34N2O2. The second-order valence-electron chi connectivity index (χ2n) is 8.02. The van der Waals surface area contributed by atoms with E-state index >= 15 is 0 Å². The molecule has 1 aliphatic rings. The highest BCUT2D eigenvalue weighted by molar-refractivity contribution is 5.68. The molecule has 4 heteroatoms. The van der Waals surface area contributed by atoms with Crippen molar-refractivity contribution in [3.63, 3.8) is 0 Å². The van der Waals surface area contributed by atoms with Gasteiger partial charge in [0.2, 0.25) is 0 Å². The highest BCUT2D eigenvalue weighted by atomic mass is 16.6. The molecular weight excluding hydrogens is 264 g/mol. The fraction of sp³-hybridized carbons (Fsp3) is 0.941. The van der Waals surface area contributed by atoms with Crippen LogP contribution in [-0.2, 0) is 4.74 Å². The Bertz CT molecular complexity index is 326. The predicted octanol–water partition coefficient (Wildman–Crippen LogP) is 3.85. The molecule has 0 aliphatic heterocycles. The summed E-state index contributed by atoms with van der Waals surface area (Å²) in [6.07, 6.45) is 6.12. The Morgan fingerprint density at radius 3 is 2.14 bits per heavy atom. The Kier molecular flexibility index (Phi) is 6.51. The number of carbonyl (C=O) groups excluding carboxylic acids is 1. The van der Waals surface area contributed by atoms with E-state index in [9.17, 15) is 4.79 Å². The van der Waals surface area contributed by atoms with Crippen LogP contribution in [0.4, 0.5) is 4.79 Å². The van der Waals surface area contributed by atoms with E-state index in [0.717, 1.165) is 12.5 Å². The molecule has 0 aromatic rings. The SMILES string of the molecule is CCC1CCC(NCC(C)(C)NC(=O)OC(C)(C)C)CC1. The molecule has 0 bridgehead atoms. The predicted molar refractivity (Wildman–Crippen MR) is 87.5 cm³/mol. The van der Waals surface area contributed by atoms with Crippen LogP contribution in [0.25, 0.3) is 0 Å². The Labute approximate surface area is 130 Å². The molecule has 124 valence electrons. The first-order valence-corrected chi connectivity index (χ1v) is 8.36. The Balaban J connectivity index is 2.31. The monoisotopic (exact) mass is 298 g/mol. The maximum atomic E-state index is 11.8. The van der Waals surface area contributed by atoms with Crippen molar-refractivity contribution in [2.75, 3.05) is 6.54 Å². The molecule has 0 aromatic heterocycles. The van der Waals surface area contributed by atoms with Crippen LogP contribution < -0.4 is 10.6 Å². The van der Waals surface area contributed by atoms with Gasteiger partial charge in [-0.25, -0.2) is 4.79 Å². The first kappa shape index (κ1) is 18.3. The van der Waals surface area contributed by atoms with Crippen molar-refractivity contribution >= 4 is 6.09 Å². The Morgan fingerprint density at radius 1 is 1.10 bits per heavy atom. The topological polar surface area (TPSA) is 50.4 Å². The largest absolute Gasteiger partial charge is 0.444 e. The number of ether oxygens (including phenoxy) is 1. The molecule has 1 rings (SSSR count). The van der Waals surface area contributed by atoms with Crippen molar-refractivity contribution < 1.29 is 9.53 Å². The van der Waals surface area contributed by atoms with E-state index in [1.54, 1.807) is 0 Å². The summed E-state index contributed by atoms with van der Waals surface area (Å²) in [5.74, 6) is 0.913. The number of hydrogen-bond acceptors (Lipinski definition) is 3. The summed E-state index contributed by atoms with van der Waals surface area (Å²) in [6, 6.07) is 0.590. The average Bonchev–Trinajstić information content (AvgIpc) is 2.34. The summed E-state index contributed by atoms with van der Waals surface area (Å²) >= 11 is 0. The highest BCUT2D eigenvalue weighted by Crippen LogP contribution is 2.26. The molecule has 0 saturated heterocycles. The van der Waals surface area contributed by atoms with Gasteiger partial charge in [-0.05, 0) is 66.2 Å². The van der Waals surface area contributed by atoms with Crippen molar-refractivity contribution in [1.29, 1.82) is 0 Å².